The first-order valence-electron chi connectivity index (χ1n) is 7.20. The minimum Gasteiger partial charge on any atom is -0.344 e. The van der Waals surface area contributed by atoms with E-state index in [1.165, 1.54) is 11.3 Å². The van der Waals surface area contributed by atoms with Gasteiger partial charge in [0.1, 0.15) is 16.6 Å². The van der Waals surface area contributed by atoms with Crippen molar-refractivity contribution in [1.82, 2.24) is 15.5 Å². The molecule has 0 spiro atoms. The molecule has 25 heavy (non-hydrogen) atoms. The van der Waals surface area contributed by atoms with Crippen LogP contribution in [0.25, 0.3) is 10.6 Å². The molecular weight excluding hydrogens is 350 g/mol. The van der Waals surface area contributed by atoms with Crippen LogP contribution in [0.4, 0.5) is 8.78 Å². The first-order chi connectivity index (χ1) is 11.9. The van der Waals surface area contributed by atoms with Crippen LogP contribution in [0.1, 0.15) is 11.9 Å². The van der Waals surface area contributed by atoms with Gasteiger partial charge >= 0.3 is 0 Å². The summed E-state index contributed by atoms with van der Waals surface area (Å²) in [6.45, 7) is 0.0831. The number of hydrogen-bond donors (Lipinski definition) is 2. The maximum absolute atomic E-state index is 12.7. The average molecular weight is 366 g/mol. The Bertz CT molecular complexity index is 770. The van der Waals surface area contributed by atoms with Gasteiger partial charge in [0.15, 0.2) is 5.71 Å². The van der Waals surface area contributed by atoms with E-state index in [2.05, 4.69) is 25.6 Å². The van der Waals surface area contributed by atoms with E-state index in [1.807, 2.05) is 30.3 Å². The first-order valence-corrected chi connectivity index (χ1v) is 8.02. The molecule has 0 aliphatic rings. The van der Waals surface area contributed by atoms with Gasteiger partial charge in [0.05, 0.1) is 12.8 Å². The molecule has 1 aromatic heterocycles. The van der Waals surface area contributed by atoms with Gasteiger partial charge in [-0.25, -0.2) is 8.78 Å². The highest BCUT2D eigenvalue weighted by atomic mass is 32.1. The monoisotopic (exact) mass is 366 g/mol. The fourth-order valence-electron chi connectivity index (χ4n) is 1.71. The summed E-state index contributed by atoms with van der Waals surface area (Å²) in [7, 11) is 0. The van der Waals surface area contributed by atoms with Crippen LogP contribution in [-0.4, -0.2) is 40.5 Å². The predicted octanol–water partition coefficient (Wildman–Crippen LogP) is 1.86. The Hall–Kier alpha value is -2.75. The number of amides is 1. The number of aliphatic imine (C=N–C) groups is 1. The van der Waals surface area contributed by atoms with Crippen LogP contribution in [0.2, 0.25) is 0 Å². The maximum Gasteiger partial charge on any atom is 0.273 e. The van der Waals surface area contributed by atoms with Crippen LogP contribution in [0.3, 0.4) is 0 Å². The van der Waals surface area contributed by atoms with Gasteiger partial charge in [0.25, 0.3) is 11.8 Å². The number of nitrogens with one attached hydrogen (secondary N) is 1. The van der Waals surface area contributed by atoms with Crippen molar-refractivity contribution in [3.63, 3.8) is 0 Å². The molecule has 132 valence electrons. The number of aromatic nitrogens is 2. The summed E-state index contributed by atoms with van der Waals surface area (Å²) in [4.78, 5) is 15.4. The standard InChI is InChI=1S/C15H16F2N6OS/c1-15(16,17)9-19-7-11(21-18)13(24)20-8-12-22-23-14(25-12)10-5-3-2-4-6-10/h2-7H,8-9,18H2,1H3,(H,20,24)/b19-7?,21-11+. The summed E-state index contributed by atoms with van der Waals surface area (Å²) in [5.74, 6) is 1.49. The van der Waals surface area contributed by atoms with E-state index >= 15 is 0 Å². The third-order valence-corrected chi connectivity index (χ3v) is 3.81. The van der Waals surface area contributed by atoms with Crippen molar-refractivity contribution in [1.29, 1.82) is 0 Å². The molecule has 0 saturated heterocycles. The number of benzene rings is 1. The molecule has 1 heterocycles. The molecular formula is C15H16F2N6OS. The summed E-state index contributed by atoms with van der Waals surface area (Å²) in [5, 5.41) is 15.2. The lowest BCUT2D eigenvalue weighted by Gasteiger charge is -2.05. The molecule has 0 radical (unpaired) electrons. The van der Waals surface area contributed by atoms with E-state index in [1.54, 1.807) is 0 Å². The Morgan fingerprint density at radius 3 is 2.72 bits per heavy atom. The largest absolute Gasteiger partial charge is 0.344 e. The van der Waals surface area contributed by atoms with Crippen molar-refractivity contribution in [3.05, 3.63) is 35.3 Å². The lowest BCUT2D eigenvalue weighted by atomic mass is 10.2. The molecule has 0 aliphatic heterocycles. The SMILES string of the molecule is CC(F)(F)CN=C/C(=N\N)C(=O)NCc1nnc(-c2ccccc2)s1. The highest BCUT2D eigenvalue weighted by Gasteiger charge is 2.20. The zero-order valence-electron chi connectivity index (χ0n) is 13.3. The second-order valence-corrected chi connectivity index (χ2v) is 6.17. The fourth-order valence-corrected chi connectivity index (χ4v) is 2.50. The summed E-state index contributed by atoms with van der Waals surface area (Å²) >= 11 is 1.33. The topological polar surface area (TPSA) is 106 Å². The summed E-state index contributed by atoms with van der Waals surface area (Å²) < 4.78 is 25.4. The van der Waals surface area contributed by atoms with Gasteiger partial charge in [-0.05, 0) is 0 Å². The summed E-state index contributed by atoms with van der Waals surface area (Å²) in [6.07, 6.45) is 0.919. The Balaban J connectivity index is 1.92. The van der Waals surface area contributed by atoms with Crippen molar-refractivity contribution in [3.8, 4) is 10.6 Å². The number of alkyl halides is 2. The highest BCUT2D eigenvalue weighted by Crippen LogP contribution is 2.22. The number of rotatable bonds is 7. The molecule has 0 aliphatic carbocycles. The van der Waals surface area contributed by atoms with Crippen molar-refractivity contribution >= 4 is 29.2 Å². The van der Waals surface area contributed by atoms with E-state index in [-0.39, 0.29) is 12.3 Å². The Morgan fingerprint density at radius 2 is 2.08 bits per heavy atom. The van der Waals surface area contributed by atoms with E-state index in [0.29, 0.717) is 5.01 Å². The molecule has 7 nitrogen and oxygen atoms in total. The molecule has 0 bridgehead atoms. The Morgan fingerprint density at radius 1 is 1.36 bits per heavy atom. The number of nitrogens with two attached hydrogens (primary N) is 1. The molecule has 0 saturated carbocycles. The zero-order chi connectivity index (χ0) is 18.3. The first kappa shape index (κ1) is 18.6. The number of carbonyl (C=O) groups excluding carboxylic acids is 1. The van der Waals surface area contributed by atoms with Crippen LogP contribution < -0.4 is 11.2 Å². The number of hydrazone groups is 1. The Kier molecular flexibility index (Phi) is 6.23. The van der Waals surface area contributed by atoms with Gasteiger partial charge in [-0.1, -0.05) is 41.7 Å². The Labute approximate surface area is 146 Å². The average Bonchev–Trinajstić information content (AvgIpc) is 3.05. The summed E-state index contributed by atoms with van der Waals surface area (Å²) in [6, 6.07) is 9.49. The fraction of sp³-hybridized carbons (Fsp3) is 0.267. The van der Waals surface area contributed by atoms with Crippen LogP contribution in [0, 0.1) is 0 Å². The van der Waals surface area contributed by atoms with Gasteiger partial charge < -0.3 is 11.2 Å². The van der Waals surface area contributed by atoms with E-state index < -0.39 is 18.4 Å². The van der Waals surface area contributed by atoms with Crippen LogP contribution >= 0.6 is 11.3 Å². The van der Waals surface area contributed by atoms with E-state index in [0.717, 1.165) is 23.7 Å². The highest BCUT2D eigenvalue weighted by molar-refractivity contribution is 7.14. The van der Waals surface area contributed by atoms with Crippen LogP contribution in [0.5, 0.6) is 0 Å². The van der Waals surface area contributed by atoms with Gasteiger partial charge in [0, 0.05) is 12.5 Å². The molecule has 0 atom stereocenters. The van der Waals surface area contributed by atoms with Gasteiger partial charge in [-0.2, -0.15) is 5.10 Å². The van der Waals surface area contributed by atoms with Crippen molar-refractivity contribution in [2.45, 2.75) is 19.4 Å². The number of halogens is 2. The van der Waals surface area contributed by atoms with Gasteiger partial charge in [0.2, 0.25) is 0 Å². The van der Waals surface area contributed by atoms with Gasteiger partial charge in [-0.15, -0.1) is 10.2 Å². The third-order valence-electron chi connectivity index (χ3n) is 2.84. The molecule has 10 heteroatoms. The van der Waals surface area contributed by atoms with E-state index in [4.69, 9.17) is 5.84 Å². The van der Waals surface area contributed by atoms with Crippen molar-refractivity contribution < 1.29 is 13.6 Å². The van der Waals surface area contributed by atoms with Crippen LogP contribution in [0.15, 0.2) is 40.4 Å². The van der Waals surface area contributed by atoms with Crippen LogP contribution in [-0.2, 0) is 11.3 Å². The minimum absolute atomic E-state index is 0.111. The maximum atomic E-state index is 12.7. The van der Waals surface area contributed by atoms with Crippen molar-refractivity contribution in [2.24, 2.45) is 15.9 Å². The molecule has 2 rings (SSSR count). The normalized spacial score (nSPS) is 12.5. The molecule has 1 aromatic carbocycles. The quantitative estimate of drug-likeness (QED) is 0.443. The number of nitrogens with zero attached hydrogens (tertiary/aromatic N) is 4. The molecule has 3 N–H and O–H groups in total. The minimum atomic E-state index is -2.97. The molecule has 1 amide bonds. The van der Waals surface area contributed by atoms with E-state index in [9.17, 15) is 13.6 Å². The number of hydrogen-bond acceptors (Lipinski definition) is 7. The molecule has 2 aromatic rings. The van der Waals surface area contributed by atoms with Crippen molar-refractivity contribution in [2.75, 3.05) is 6.54 Å². The zero-order valence-corrected chi connectivity index (χ0v) is 14.1. The second-order valence-electron chi connectivity index (χ2n) is 5.10. The number of carbonyl (C=O) groups is 1. The molecule has 0 fully saturated rings. The second kappa shape index (κ2) is 8.38. The molecule has 0 unspecified atom stereocenters. The predicted molar refractivity (Wildman–Crippen MR) is 92.8 cm³/mol. The third kappa shape index (κ3) is 5.99. The lowest BCUT2D eigenvalue weighted by Crippen LogP contribution is -2.32. The smallest absolute Gasteiger partial charge is 0.273 e. The van der Waals surface area contributed by atoms with Gasteiger partial charge in [-0.3, -0.25) is 9.79 Å². The lowest BCUT2D eigenvalue weighted by molar-refractivity contribution is -0.114. The summed E-state index contributed by atoms with van der Waals surface area (Å²) in [5.41, 5.74) is 0.673.